The highest BCUT2D eigenvalue weighted by atomic mass is 16.5. The molecule has 5 nitrogen and oxygen atoms in total. The first-order chi connectivity index (χ1) is 14.6. The van der Waals surface area contributed by atoms with Gasteiger partial charge in [0.05, 0.1) is 0 Å². The third-order valence-electron chi connectivity index (χ3n) is 5.33. The van der Waals surface area contributed by atoms with Crippen LogP contribution in [0.4, 0.5) is 5.82 Å². The number of para-hydroxylation sites is 1. The number of rotatable bonds is 7. The number of hydrogen-bond donors (Lipinski definition) is 1. The van der Waals surface area contributed by atoms with Crippen LogP contribution in [0.25, 0.3) is 16.8 Å². The van der Waals surface area contributed by atoms with Crippen LogP contribution >= 0.6 is 0 Å². The number of imidazole rings is 1. The molecule has 30 heavy (non-hydrogen) atoms. The lowest BCUT2D eigenvalue weighted by Gasteiger charge is -2.16. The molecule has 0 bridgehead atoms. The number of nitrogens with two attached hydrogens (primary N) is 1. The molecule has 0 amide bonds. The number of fused-ring (bicyclic) bond motifs is 1. The second-order valence-electron chi connectivity index (χ2n) is 8.02. The fourth-order valence-electron chi connectivity index (χ4n) is 3.91. The zero-order valence-electron chi connectivity index (χ0n) is 17.7. The number of anilines is 1. The molecule has 2 aromatic carbocycles. The summed E-state index contributed by atoms with van der Waals surface area (Å²) in [7, 11) is 0. The van der Waals surface area contributed by atoms with Gasteiger partial charge in [-0.2, -0.15) is 0 Å². The highest BCUT2D eigenvalue weighted by Crippen LogP contribution is 2.34. The van der Waals surface area contributed by atoms with Crippen molar-refractivity contribution in [2.75, 3.05) is 5.73 Å². The lowest BCUT2D eigenvalue weighted by molar-refractivity contribution is 0.471. The molecule has 4 aromatic rings. The van der Waals surface area contributed by atoms with Gasteiger partial charge in [-0.3, -0.25) is 4.40 Å². The first kappa shape index (κ1) is 20.0. The van der Waals surface area contributed by atoms with E-state index >= 15 is 0 Å². The van der Waals surface area contributed by atoms with Gasteiger partial charge in [0, 0.05) is 23.9 Å². The Morgan fingerprint density at radius 2 is 1.70 bits per heavy atom. The van der Waals surface area contributed by atoms with Crippen LogP contribution in [0.15, 0.2) is 67.0 Å². The third-order valence-corrected chi connectivity index (χ3v) is 5.33. The predicted molar refractivity (Wildman–Crippen MR) is 122 cm³/mol. The number of nitrogens with zero attached hydrogens (tertiary/aromatic N) is 3. The fraction of sp³-hybridized carbons (Fsp3) is 0.280. The Morgan fingerprint density at radius 1 is 1.00 bits per heavy atom. The molecule has 0 spiro atoms. The summed E-state index contributed by atoms with van der Waals surface area (Å²) in [5.74, 6) is 4.11. The molecule has 0 fully saturated rings. The Hall–Kier alpha value is -3.34. The van der Waals surface area contributed by atoms with E-state index in [9.17, 15) is 0 Å². The van der Waals surface area contributed by atoms with E-state index in [4.69, 9.17) is 15.5 Å². The van der Waals surface area contributed by atoms with Crippen molar-refractivity contribution in [1.29, 1.82) is 0 Å². The molecular weight excluding hydrogens is 372 g/mol. The minimum atomic E-state index is 0.369. The van der Waals surface area contributed by atoms with Crippen LogP contribution in [0, 0.1) is 5.92 Å². The predicted octanol–water partition coefficient (Wildman–Crippen LogP) is 6.31. The maximum Gasteiger partial charge on any atom is 0.150 e. The van der Waals surface area contributed by atoms with E-state index in [1.807, 2.05) is 60.8 Å². The summed E-state index contributed by atoms with van der Waals surface area (Å²) >= 11 is 0. The Kier molecular flexibility index (Phi) is 5.70. The molecule has 0 aliphatic heterocycles. The second kappa shape index (κ2) is 8.57. The largest absolute Gasteiger partial charge is 0.457 e. The van der Waals surface area contributed by atoms with Crippen LogP contribution in [0.2, 0.25) is 0 Å². The van der Waals surface area contributed by atoms with Gasteiger partial charge < -0.3 is 10.5 Å². The lowest BCUT2D eigenvalue weighted by atomic mass is 9.94. The van der Waals surface area contributed by atoms with Crippen LogP contribution in [-0.4, -0.2) is 14.4 Å². The molecule has 154 valence electrons. The lowest BCUT2D eigenvalue weighted by Crippen LogP contribution is -2.07. The van der Waals surface area contributed by atoms with Crippen molar-refractivity contribution in [3.63, 3.8) is 0 Å². The molecule has 1 atom stereocenters. The van der Waals surface area contributed by atoms with E-state index in [0.717, 1.165) is 46.9 Å². The zero-order chi connectivity index (χ0) is 21.1. The molecule has 2 N–H and O–H groups in total. The van der Waals surface area contributed by atoms with Gasteiger partial charge in [-0.05, 0) is 55.2 Å². The van der Waals surface area contributed by atoms with Crippen molar-refractivity contribution in [3.05, 3.63) is 72.8 Å². The SMILES string of the molecule is CC[C@H](CC(C)C)c1nc(-c2ccc(Oc3ccccc3)cc2)c2c(N)nccn12. The van der Waals surface area contributed by atoms with Crippen LogP contribution in [0.3, 0.4) is 0 Å². The average Bonchev–Trinajstić information content (AvgIpc) is 3.14. The Labute approximate surface area is 177 Å². The third kappa shape index (κ3) is 4.01. The number of hydrogen-bond acceptors (Lipinski definition) is 4. The molecular formula is C25H28N4O. The number of ether oxygens (including phenoxy) is 1. The van der Waals surface area contributed by atoms with E-state index < -0.39 is 0 Å². The van der Waals surface area contributed by atoms with Gasteiger partial charge in [0.25, 0.3) is 0 Å². The summed E-state index contributed by atoms with van der Waals surface area (Å²) in [4.78, 5) is 9.38. The van der Waals surface area contributed by atoms with Crippen molar-refractivity contribution in [2.45, 2.75) is 39.5 Å². The molecule has 0 radical (unpaired) electrons. The van der Waals surface area contributed by atoms with Crippen molar-refractivity contribution in [1.82, 2.24) is 14.4 Å². The molecule has 0 aliphatic rings. The van der Waals surface area contributed by atoms with Gasteiger partial charge in [-0.25, -0.2) is 9.97 Å². The molecule has 0 unspecified atom stereocenters. The average molecular weight is 401 g/mol. The number of benzene rings is 2. The van der Waals surface area contributed by atoms with Crippen molar-refractivity contribution >= 4 is 11.3 Å². The van der Waals surface area contributed by atoms with E-state index in [-0.39, 0.29) is 0 Å². The Morgan fingerprint density at radius 3 is 2.37 bits per heavy atom. The molecule has 0 aliphatic carbocycles. The molecule has 2 aromatic heterocycles. The van der Waals surface area contributed by atoms with Crippen LogP contribution in [0.5, 0.6) is 11.5 Å². The van der Waals surface area contributed by atoms with Crippen LogP contribution < -0.4 is 10.5 Å². The topological polar surface area (TPSA) is 65.4 Å². The zero-order valence-corrected chi connectivity index (χ0v) is 17.7. The van der Waals surface area contributed by atoms with E-state index in [2.05, 4.69) is 30.2 Å². The Bertz CT molecular complexity index is 1120. The summed E-state index contributed by atoms with van der Waals surface area (Å²) in [6, 6.07) is 17.7. The second-order valence-corrected chi connectivity index (χ2v) is 8.02. The van der Waals surface area contributed by atoms with Gasteiger partial charge >= 0.3 is 0 Å². The summed E-state index contributed by atoms with van der Waals surface area (Å²) in [6.45, 7) is 6.72. The van der Waals surface area contributed by atoms with E-state index in [1.54, 1.807) is 6.20 Å². The highest BCUT2D eigenvalue weighted by molar-refractivity contribution is 5.85. The minimum Gasteiger partial charge on any atom is -0.457 e. The fourth-order valence-corrected chi connectivity index (χ4v) is 3.91. The van der Waals surface area contributed by atoms with Gasteiger partial charge in [-0.1, -0.05) is 39.0 Å². The summed E-state index contributed by atoms with van der Waals surface area (Å²) in [5, 5.41) is 0. The van der Waals surface area contributed by atoms with E-state index in [1.165, 1.54) is 0 Å². The van der Waals surface area contributed by atoms with Gasteiger partial charge in [0.1, 0.15) is 34.4 Å². The normalized spacial score (nSPS) is 12.4. The molecule has 0 saturated heterocycles. The smallest absolute Gasteiger partial charge is 0.150 e. The molecule has 2 heterocycles. The molecule has 4 rings (SSSR count). The molecule has 0 saturated carbocycles. The van der Waals surface area contributed by atoms with Gasteiger partial charge in [-0.15, -0.1) is 0 Å². The van der Waals surface area contributed by atoms with Crippen LogP contribution in [-0.2, 0) is 0 Å². The minimum absolute atomic E-state index is 0.369. The van der Waals surface area contributed by atoms with Crippen molar-refractivity contribution in [3.8, 4) is 22.8 Å². The monoisotopic (exact) mass is 400 g/mol. The quantitative estimate of drug-likeness (QED) is 0.395. The Balaban J connectivity index is 1.73. The standard InChI is InChI=1S/C25H28N4O/c1-4-18(16-17(2)3)25-28-22(23-24(26)27-14-15-29(23)25)19-10-12-21(13-11-19)30-20-8-6-5-7-9-20/h5-15,17-18H,4,16H2,1-3H3,(H2,26,27)/t18-/m1/s1. The van der Waals surface area contributed by atoms with Crippen molar-refractivity contribution in [2.24, 2.45) is 5.92 Å². The van der Waals surface area contributed by atoms with Crippen LogP contribution in [0.1, 0.15) is 45.4 Å². The number of nitrogen functional groups attached to an aromatic ring is 1. The summed E-state index contributed by atoms with van der Waals surface area (Å²) < 4.78 is 8.04. The highest BCUT2D eigenvalue weighted by Gasteiger charge is 2.22. The van der Waals surface area contributed by atoms with Crippen molar-refractivity contribution < 1.29 is 4.74 Å². The maximum atomic E-state index is 6.29. The first-order valence-electron chi connectivity index (χ1n) is 10.5. The van der Waals surface area contributed by atoms with Gasteiger partial charge in [0.2, 0.25) is 0 Å². The number of aromatic nitrogens is 3. The summed E-state index contributed by atoms with van der Waals surface area (Å²) in [6.07, 6.45) is 5.83. The van der Waals surface area contributed by atoms with Gasteiger partial charge in [0.15, 0.2) is 0 Å². The van der Waals surface area contributed by atoms with E-state index in [0.29, 0.717) is 17.7 Å². The maximum absolute atomic E-state index is 6.29. The summed E-state index contributed by atoms with van der Waals surface area (Å²) in [5.41, 5.74) is 9.02. The molecule has 5 heteroatoms. The first-order valence-corrected chi connectivity index (χ1v) is 10.5.